The zero-order valence-electron chi connectivity index (χ0n) is 13.0. The Balaban J connectivity index is 2.28. The largest absolute Gasteiger partial charge is 0.316 e. The lowest BCUT2D eigenvalue weighted by atomic mass is 9.83. The summed E-state index contributed by atoms with van der Waals surface area (Å²) in [5.41, 5.74) is 0. The van der Waals surface area contributed by atoms with E-state index in [4.69, 9.17) is 0 Å². The molecular weight excluding hydrogens is 218 g/mol. The highest BCUT2D eigenvalue weighted by Gasteiger charge is 2.28. The molecular formula is C17H35N. The van der Waals surface area contributed by atoms with Gasteiger partial charge in [-0.15, -0.1) is 0 Å². The summed E-state index contributed by atoms with van der Waals surface area (Å²) >= 11 is 0. The second-order valence-corrected chi connectivity index (χ2v) is 6.31. The van der Waals surface area contributed by atoms with Crippen LogP contribution in [0.2, 0.25) is 0 Å². The average molecular weight is 253 g/mol. The molecule has 3 atom stereocenters. The Morgan fingerprint density at radius 3 is 2.50 bits per heavy atom. The minimum Gasteiger partial charge on any atom is -0.316 e. The van der Waals surface area contributed by atoms with Crippen molar-refractivity contribution < 1.29 is 0 Å². The zero-order valence-corrected chi connectivity index (χ0v) is 13.0. The van der Waals surface area contributed by atoms with Gasteiger partial charge in [-0.2, -0.15) is 0 Å². The number of hydrogen-bond acceptors (Lipinski definition) is 1. The molecule has 1 N–H and O–H groups in total. The van der Waals surface area contributed by atoms with Gasteiger partial charge in [0.2, 0.25) is 0 Å². The van der Waals surface area contributed by atoms with E-state index < -0.39 is 0 Å². The van der Waals surface area contributed by atoms with E-state index in [9.17, 15) is 0 Å². The second kappa shape index (κ2) is 9.83. The number of hydrogen-bond donors (Lipinski definition) is 1. The summed E-state index contributed by atoms with van der Waals surface area (Å²) in [4.78, 5) is 0. The van der Waals surface area contributed by atoms with Crippen LogP contribution in [-0.4, -0.2) is 13.1 Å². The third-order valence-corrected chi connectivity index (χ3v) is 4.83. The molecule has 0 radical (unpaired) electrons. The lowest BCUT2D eigenvalue weighted by molar-refractivity contribution is 0.276. The molecule has 1 saturated carbocycles. The average Bonchev–Trinajstić information content (AvgIpc) is 2.82. The molecule has 0 bridgehead atoms. The van der Waals surface area contributed by atoms with E-state index in [1.807, 2.05) is 0 Å². The van der Waals surface area contributed by atoms with Crippen molar-refractivity contribution in [2.45, 2.75) is 78.6 Å². The molecule has 1 aliphatic rings. The van der Waals surface area contributed by atoms with E-state index in [0.29, 0.717) is 0 Å². The molecule has 0 aromatic rings. The maximum atomic E-state index is 3.64. The van der Waals surface area contributed by atoms with E-state index in [1.54, 1.807) is 0 Å². The highest BCUT2D eigenvalue weighted by molar-refractivity contribution is 4.81. The summed E-state index contributed by atoms with van der Waals surface area (Å²) in [6.45, 7) is 9.45. The maximum absolute atomic E-state index is 3.64. The molecule has 0 aromatic heterocycles. The Kier molecular flexibility index (Phi) is 8.75. The summed E-state index contributed by atoms with van der Waals surface area (Å²) in [6.07, 6.45) is 12.9. The van der Waals surface area contributed by atoms with Gasteiger partial charge >= 0.3 is 0 Å². The zero-order chi connectivity index (χ0) is 13.2. The molecule has 0 heterocycles. The standard InChI is InChI=1S/C17H35N/c1-4-7-9-15(6-3)13-16-10-8-11-17(16)14-18-12-5-2/h15-18H,4-14H2,1-3H3. The molecule has 1 aliphatic carbocycles. The van der Waals surface area contributed by atoms with Crippen molar-refractivity contribution in [3.8, 4) is 0 Å². The minimum absolute atomic E-state index is 0.979. The first kappa shape index (κ1) is 16.0. The number of rotatable bonds is 10. The molecule has 0 aromatic carbocycles. The van der Waals surface area contributed by atoms with Crippen LogP contribution in [0.3, 0.4) is 0 Å². The van der Waals surface area contributed by atoms with Crippen molar-refractivity contribution in [3.63, 3.8) is 0 Å². The lowest BCUT2D eigenvalue weighted by Crippen LogP contribution is -2.26. The fraction of sp³-hybridized carbons (Fsp3) is 1.00. The van der Waals surface area contributed by atoms with Crippen molar-refractivity contribution >= 4 is 0 Å². The van der Waals surface area contributed by atoms with Gasteiger partial charge in [0.25, 0.3) is 0 Å². The van der Waals surface area contributed by atoms with Gasteiger partial charge in [-0.25, -0.2) is 0 Å². The van der Waals surface area contributed by atoms with Crippen LogP contribution in [-0.2, 0) is 0 Å². The van der Waals surface area contributed by atoms with Crippen molar-refractivity contribution in [3.05, 3.63) is 0 Å². The molecule has 3 unspecified atom stereocenters. The van der Waals surface area contributed by atoms with Crippen LogP contribution in [0, 0.1) is 17.8 Å². The number of nitrogens with one attached hydrogen (secondary N) is 1. The van der Waals surface area contributed by atoms with Gasteiger partial charge < -0.3 is 5.32 Å². The molecule has 1 nitrogen and oxygen atoms in total. The van der Waals surface area contributed by atoms with E-state index in [0.717, 1.165) is 17.8 Å². The van der Waals surface area contributed by atoms with Crippen LogP contribution in [0.1, 0.15) is 78.6 Å². The topological polar surface area (TPSA) is 12.0 Å². The molecule has 0 spiro atoms. The Bertz CT molecular complexity index is 190. The Morgan fingerprint density at radius 2 is 1.83 bits per heavy atom. The number of unbranched alkanes of at least 4 members (excludes halogenated alkanes) is 1. The van der Waals surface area contributed by atoms with Crippen LogP contribution in [0.5, 0.6) is 0 Å². The Labute approximate surface area is 115 Å². The van der Waals surface area contributed by atoms with E-state index in [1.165, 1.54) is 70.9 Å². The van der Waals surface area contributed by atoms with Crippen LogP contribution in [0.25, 0.3) is 0 Å². The summed E-state index contributed by atoms with van der Waals surface area (Å²) in [6, 6.07) is 0. The Morgan fingerprint density at radius 1 is 1.06 bits per heavy atom. The molecule has 0 saturated heterocycles. The van der Waals surface area contributed by atoms with Crippen LogP contribution >= 0.6 is 0 Å². The lowest BCUT2D eigenvalue weighted by Gasteiger charge is -2.24. The molecule has 0 amide bonds. The summed E-state index contributed by atoms with van der Waals surface area (Å²) < 4.78 is 0. The molecule has 0 aliphatic heterocycles. The van der Waals surface area contributed by atoms with Gasteiger partial charge in [0, 0.05) is 0 Å². The van der Waals surface area contributed by atoms with Gasteiger partial charge in [-0.05, 0) is 50.1 Å². The predicted molar refractivity (Wildman–Crippen MR) is 81.9 cm³/mol. The van der Waals surface area contributed by atoms with Gasteiger partial charge in [0.1, 0.15) is 0 Å². The Hall–Kier alpha value is -0.0400. The minimum atomic E-state index is 0.979. The predicted octanol–water partition coefficient (Wildman–Crippen LogP) is 5.01. The highest BCUT2D eigenvalue weighted by atomic mass is 14.9. The fourth-order valence-electron chi connectivity index (χ4n) is 3.57. The van der Waals surface area contributed by atoms with Gasteiger partial charge in [-0.1, -0.05) is 59.3 Å². The smallest absolute Gasteiger partial charge is 0.00179 e. The monoisotopic (exact) mass is 253 g/mol. The molecule has 108 valence electrons. The third kappa shape index (κ3) is 5.73. The van der Waals surface area contributed by atoms with Gasteiger partial charge in [-0.3, -0.25) is 0 Å². The second-order valence-electron chi connectivity index (χ2n) is 6.31. The van der Waals surface area contributed by atoms with Crippen molar-refractivity contribution in [1.82, 2.24) is 5.32 Å². The van der Waals surface area contributed by atoms with E-state index >= 15 is 0 Å². The van der Waals surface area contributed by atoms with E-state index in [-0.39, 0.29) is 0 Å². The summed E-state index contributed by atoms with van der Waals surface area (Å²) in [7, 11) is 0. The first-order valence-corrected chi connectivity index (χ1v) is 8.52. The maximum Gasteiger partial charge on any atom is -0.00179 e. The van der Waals surface area contributed by atoms with Crippen molar-refractivity contribution in [2.24, 2.45) is 17.8 Å². The molecule has 1 fully saturated rings. The van der Waals surface area contributed by atoms with Crippen LogP contribution in [0.4, 0.5) is 0 Å². The van der Waals surface area contributed by atoms with Crippen molar-refractivity contribution in [1.29, 1.82) is 0 Å². The molecule has 1 heteroatoms. The van der Waals surface area contributed by atoms with Crippen LogP contribution < -0.4 is 5.32 Å². The van der Waals surface area contributed by atoms with Crippen LogP contribution in [0.15, 0.2) is 0 Å². The highest BCUT2D eigenvalue weighted by Crippen LogP contribution is 2.37. The first-order valence-electron chi connectivity index (χ1n) is 8.52. The first-order chi connectivity index (χ1) is 8.81. The quantitative estimate of drug-likeness (QED) is 0.540. The fourth-order valence-corrected chi connectivity index (χ4v) is 3.57. The molecule has 1 rings (SSSR count). The van der Waals surface area contributed by atoms with Gasteiger partial charge in [0.05, 0.1) is 0 Å². The normalized spacial score (nSPS) is 25.5. The van der Waals surface area contributed by atoms with Crippen molar-refractivity contribution in [2.75, 3.05) is 13.1 Å². The van der Waals surface area contributed by atoms with Gasteiger partial charge in [0.15, 0.2) is 0 Å². The molecule has 18 heavy (non-hydrogen) atoms. The third-order valence-electron chi connectivity index (χ3n) is 4.83. The van der Waals surface area contributed by atoms with E-state index in [2.05, 4.69) is 26.1 Å². The summed E-state index contributed by atoms with van der Waals surface area (Å²) in [5, 5.41) is 3.64. The summed E-state index contributed by atoms with van der Waals surface area (Å²) in [5.74, 6) is 3.00. The SMILES string of the molecule is CCCCC(CC)CC1CCCC1CNCCC.